The van der Waals surface area contributed by atoms with E-state index in [0.29, 0.717) is 10.7 Å². The second-order valence-corrected chi connectivity index (χ2v) is 8.95. The van der Waals surface area contributed by atoms with Crippen LogP contribution in [-0.4, -0.2) is 23.0 Å². The molecule has 3 aromatic rings. The number of benzene rings is 1. The standard InChI is InChI=1S/C16H19FN4O2S2/c1-9(2)13-15(21-16(18-13)24-14(19-21)10(3)4)25(22,23)20-12-7-5-6-11(17)8-12/h5-10,20H,1-4H3. The molecular weight excluding hydrogens is 363 g/mol. The van der Waals surface area contributed by atoms with Crippen LogP contribution in [0.2, 0.25) is 0 Å². The number of nitrogens with one attached hydrogen (secondary N) is 1. The zero-order valence-electron chi connectivity index (χ0n) is 14.3. The number of imidazole rings is 1. The van der Waals surface area contributed by atoms with Gasteiger partial charge in [0.15, 0.2) is 0 Å². The minimum absolute atomic E-state index is 0.00455. The molecule has 0 radical (unpaired) electrons. The molecule has 2 heterocycles. The molecule has 0 fully saturated rings. The lowest BCUT2D eigenvalue weighted by Gasteiger charge is -2.10. The molecule has 3 rings (SSSR count). The lowest BCUT2D eigenvalue weighted by molar-refractivity contribution is 0.588. The molecule has 0 unspecified atom stereocenters. The molecule has 2 aromatic heterocycles. The molecule has 0 saturated carbocycles. The highest BCUT2D eigenvalue weighted by Gasteiger charge is 2.29. The van der Waals surface area contributed by atoms with Gasteiger partial charge in [-0.15, -0.1) is 0 Å². The van der Waals surface area contributed by atoms with Crippen molar-refractivity contribution in [3.05, 3.63) is 40.8 Å². The van der Waals surface area contributed by atoms with Gasteiger partial charge in [0, 0.05) is 5.92 Å². The van der Waals surface area contributed by atoms with Gasteiger partial charge < -0.3 is 0 Å². The van der Waals surface area contributed by atoms with E-state index in [1.165, 1.54) is 34.1 Å². The van der Waals surface area contributed by atoms with Crippen LogP contribution in [0.25, 0.3) is 4.96 Å². The zero-order valence-corrected chi connectivity index (χ0v) is 15.9. The lowest BCUT2D eigenvalue weighted by atomic mass is 10.2. The van der Waals surface area contributed by atoms with Crippen molar-refractivity contribution in [3.8, 4) is 0 Å². The third kappa shape index (κ3) is 3.38. The predicted molar refractivity (Wildman–Crippen MR) is 96.3 cm³/mol. The molecule has 9 heteroatoms. The number of rotatable bonds is 5. The van der Waals surface area contributed by atoms with Crippen molar-refractivity contribution in [1.29, 1.82) is 0 Å². The maximum Gasteiger partial charge on any atom is 0.281 e. The summed E-state index contributed by atoms with van der Waals surface area (Å²) in [7, 11) is -3.97. The van der Waals surface area contributed by atoms with Crippen LogP contribution in [-0.2, 0) is 10.0 Å². The Labute approximate surface area is 149 Å². The topological polar surface area (TPSA) is 76.4 Å². The monoisotopic (exact) mass is 382 g/mol. The van der Waals surface area contributed by atoms with E-state index >= 15 is 0 Å². The van der Waals surface area contributed by atoms with E-state index in [1.54, 1.807) is 0 Å². The zero-order chi connectivity index (χ0) is 18.4. The van der Waals surface area contributed by atoms with Crippen molar-refractivity contribution in [2.75, 3.05) is 4.72 Å². The van der Waals surface area contributed by atoms with Gasteiger partial charge in [-0.1, -0.05) is 45.1 Å². The summed E-state index contributed by atoms with van der Waals surface area (Å²) in [6, 6.07) is 5.33. The first-order valence-corrected chi connectivity index (χ1v) is 10.2. The van der Waals surface area contributed by atoms with Gasteiger partial charge in [0.25, 0.3) is 10.0 Å². The minimum Gasteiger partial charge on any atom is -0.278 e. The van der Waals surface area contributed by atoms with Gasteiger partial charge >= 0.3 is 0 Å². The SMILES string of the molecule is CC(C)c1nn2c(S(=O)(=O)Nc3cccc(F)c3)c(C(C)C)nc2s1. The molecular formula is C16H19FN4O2S2. The summed E-state index contributed by atoms with van der Waals surface area (Å²) in [6.45, 7) is 7.72. The van der Waals surface area contributed by atoms with Crippen molar-refractivity contribution >= 4 is 32.0 Å². The van der Waals surface area contributed by atoms with Gasteiger partial charge in [0.1, 0.15) is 10.8 Å². The smallest absolute Gasteiger partial charge is 0.278 e. The molecule has 0 aliphatic rings. The molecule has 0 saturated heterocycles. The van der Waals surface area contributed by atoms with Crippen molar-refractivity contribution in [3.63, 3.8) is 0 Å². The van der Waals surface area contributed by atoms with E-state index < -0.39 is 15.8 Å². The Balaban J connectivity index is 2.15. The Kier molecular flexibility index (Phi) is 4.54. The van der Waals surface area contributed by atoms with Crippen LogP contribution in [0.1, 0.15) is 50.2 Å². The number of aromatic nitrogens is 3. The fourth-order valence-corrected chi connectivity index (χ4v) is 4.79. The van der Waals surface area contributed by atoms with Crippen LogP contribution in [0.5, 0.6) is 0 Å². The predicted octanol–water partition coefficient (Wildman–Crippen LogP) is 3.98. The van der Waals surface area contributed by atoms with Crippen LogP contribution in [0.15, 0.2) is 29.3 Å². The van der Waals surface area contributed by atoms with Gasteiger partial charge in [0.05, 0.1) is 11.4 Å². The van der Waals surface area contributed by atoms with Crippen molar-refractivity contribution in [2.45, 2.75) is 44.6 Å². The van der Waals surface area contributed by atoms with E-state index in [2.05, 4.69) is 14.8 Å². The van der Waals surface area contributed by atoms with Gasteiger partial charge in [-0.25, -0.2) is 9.37 Å². The third-order valence-corrected chi connectivity index (χ3v) is 6.18. The quantitative estimate of drug-likeness (QED) is 0.724. The summed E-state index contributed by atoms with van der Waals surface area (Å²) in [5.74, 6) is -0.449. The molecule has 0 amide bonds. The number of sulfonamides is 1. The number of nitrogens with zero attached hydrogens (tertiary/aromatic N) is 3. The third-order valence-electron chi connectivity index (χ3n) is 3.58. The molecule has 0 atom stereocenters. The highest BCUT2D eigenvalue weighted by Crippen LogP contribution is 2.30. The number of anilines is 1. The fourth-order valence-electron chi connectivity index (χ4n) is 2.38. The first-order valence-electron chi connectivity index (χ1n) is 7.86. The largest absolute Gasteiger partial charge is 0.281 e. The average molecular weight is 382 g/mol. The van der Waals surface area contributed by atoms with Crippen LogP contribution in [0.4, 0.5) is 10.1 Å². The average Bonchev–Trinajstić information content (AvgIpc) is 3.03. The first kappa shape index (κ1) is 17.8. The van der Waals surface area contributed by atoms with E-state index in [1.807, 2.05) is 27.7 Å². The van der Waals surface area contributed by atoms with E-state index in [4.69, 9.17) is 0 Å². The van der Waals surface area contributed by atoms with Gasteiger partial charge in [-0.3, -0.25) is 4.72 Å². The Hall–Kier alpha value is -2.00. The van der Waals surface area contributed by atoms with Crippen LogP contribution in [0.3, 0.4) is 0 Å². The van der Waals surface area contributed by atoms with Crippen molar-refractivity contribution in [2.24, 2.45) is 0 Å². The first-order chi connectivity index (χ1) is 11.7. The number of hydrogen-bond donors (Lipinski definition) is 1. The summed E-state index contributed by atoms with van der Waals surface area (Å²) in [5.41, 5.74) is 0.599. The van der Waals surface area contributed by atoms with Crippen molar-refractivity contribution < 1.29 is 12.8 Å². The van der Waals surface area contributed by atoms with Crippen LogP contribution >= 0.6 is 11.3 Å². The second-order valence-electron chi connectivity index (χ2n) is 6.36. The highest BCUT2D eigenvalue weighted by molar-refractivity contribution is 7.92. The summed E-state index contributed by atoms with van der Waals surface area (Å²) < 4.78 is 43.1. The summed E-state index contributed by atoms with van der Waals surface area (Å²) in [5, 5.41) is 5.23. The fraction of sp³-hybridized carbons (Fsp3) is 0.375. The molecule has 0 aliphatic carbocycles. The Bertz CT molecular complexity index is 1020. The maximum atomic E-state index is 13.4. The summed E-state index contributed by atoms with van der Waals surface area (Å²) >= 11 is 1.37. The van der Waals surface area contributed by atoms with Crippen LogP contribution in [0, 0.1) is 5.82 Å². The molecule has 6 nitrogen and oxygen atoms in total. The Morgan fingerprint density at radius 3 is 2.52 bits per heavy atom. The highest BCUT2D eigenvalue weighted by atomic mass is 32.2. The molecule has 0 spiro atoms. The van der Waals surface area contributed by atoms with Gasteiger partial charge in [0.2, 0.25) is 9.99 Å². The number of halogens is 1. The molecule has 0 aliphatic heterocycles. The van der Waals surface area contributed by atoms with Gasteiger partial charge in [-0.05, 0) is 24.1 Å². The molecule has 25 heavy (non-hydrogen) atoms. The van der Waals surface area contributed by atoms with Gasteiger partial charge in [-0.2, -0.15) is 18.0 Å². The molecule has 0 bridgehead atoms. The Morgan fingerprint density at radius 2 is 1.92 bits per heavy atom. The number of fused-ring (bicyclic) bond motifs is 1. The maximum absolute atomic E-state index is 13.4. The van der Waals surface area contributed by atoms with E-state index in [0.717, 1.165) is 11.1 Å². The normalized spacial score (nSPS) is 12.4. The molecule has 1 aromatic carbocycles. The summed E-state index contributed by atoms with van der Waals surface area (Å²) in [6.07, 6.45) is 0. The Morgan fingerprint density at radius 1 is 1.20 bits per heavy atom. The number of hydrogen-bond acceptors (Lipinski definition) is 5. The molecule has 134 valence electrons. The molecule has 1 N–H and O–H groups in total. The lowest BCUT2D eigenvalue weighted by Crippen LogP contribution is -2.18. The van der Waals surface area contributed by atoms with Crippen LogP contribution < -0.4 is 4.72 Å². The second kappa shape index (κ2) is 6.38. The summed E-state index contributed by atoms with van der Waals surface area (Å²) in [4.78, 5) is 5.00. The van der Waals surface area contributed by atoms with Crippen molar-refractivity contribution in [1.82, 2.24) is 14.6 Å². The van der Waals surface area contributed by atoms with E-state index in [-0.39, 0.29) is 22.5 Å². The minimum atomic E-state index is -3.97. The van der Waals surface area contributed by atoms with E-state index in [9.17, 15) is 12.8 Å².